The Kier molecular flexibility index (Phi) is 4.28. The minimum absolute atomic E-state index is 0.168. The topological polar surface area (TPSA) is 75.3 Å². The monoisotopic (exact) mass is 260 g/mol. The molecule has 1 aliphatic rings. The Morgan fingerprint density at radius 1 is 1.26 bits per heavy atom. The molecule has 19 heavy (non-hydrogen) atoms. The lowest BCUT2D eigenvalue weighted by molar-refractivity contribution is -0.137. The molecule has 1 saturated heterocycles. The fourth-order valence-electron chi connectivity index (χ4n) is 2.00. The zero-order chi connectivity index (χ0) is 13.7. The summed E-state index contributed by atoms with van der Waals surface area (Å²) in [7, 11) is 0. The Balaban J connectivity index is 1.78. The number of carbonyl (C=O) groups is 3. The average molecular weight is 260 g/mol. The number of carbonyl (C=O) groups excluding carboxylic acids is 3. The van der Waals surface area contributed by atoms with E-state index >= 15 is 0 Å². The second-order valence-corrected chi connectivity index (χ2v) is 4.56. The van der Waals surface area contributed by atoms with E-state index in [0.717, 1.165) is 5.56 Å². The number of imide groups is 1. The van der Waals surface area contributed by atoms with Crippen LogP contribution in [0.2, 0.25) is 0 Å². The predicted molar refractivity (Wildman–Crippen MR) is 69.1 cm³/mol. The van der Waals surface area contributed by atoms with Gasteiger partial charge in [-0.05, 0) is 18.4 Å². The van der Waals surface area contributed by atoms with Gasteiger partial charge in [-0.1, -0.05) is 30.3 Å². The SMILES string of the molecule is O=C1CC[C@@H](NC(=O)CCc2ccccc2)C(=O)N1. The molecule has 0 saturated carbocycles. The van der Waals surface area contributed by atoms with Crippen LogP contribution in [-0.4, -0.2) is 23.8 Å². The van der Waals surface area contributed by atoms with Crippen molar-refractivity contribution in [1.29, 1.82) is 0 Å². The maximum atomic E-state index is 11.7. The van der Waals surface area contributed by atoms with Gasteiger partial charge in [-0.2, -0.15) is 0 Å². The van der Waals surface area contributed by atoms with Gasteiger partial charge >= 0.3 is 0 Å². The van der Waals surface area contributed by atoms with Crippen molar-refractivity contribution in [3.8, 4) is 0 Å². The second kappa shape index (κ2) is 6.13. The van der Waals surface area contributed by atoms with E-state index in [1.807, 2.05) is 30.3 Å². The highest BCUT2D eigenvalue weighted by Crippen LogP contribution is 2.06. The Morgan fingerprint density at radius 2 is 2.00 bits per heavy atom. The summed E-state index contributed by atoms with van der Waals surface area (Å²) < 4.78 is 0. The zero-order valence-corrected chi connectivity index (χ0v) is 10.5. The summed E-state index contributed by atoms with van der Waals surface area (Å²) in [4.78, 5) is 34.2. The molecule has 1 heterocycles. The number of benzene rings is 1. The van der Waals surface area contributed by atoms with Crippen molar-refractivity contribution >= 4 is 17.7 Å². The van der Waals surface area contributed by atoms with Gasteiger partial charge in [0, 0.05) is 12.8 Å². The van der Waals surface area contributed by atoms with Gasteiger partial charge in [-0.15, -0.1) is 0 Å². The third-order valence-corrected chi connectivity index (χ3v) is 3.06. The highest BCUT2D eigenvalue weighted by molar-refractivity contribution is 6.01. The summed E-state index contributed by atoms with van der Waals surface area (Å²) in [6, 6.07) is 9.10. The maximum absolute atomic E-state index is 11.7. The molecule has 0 bridgehead atoms. The fraction of sp³-hybridized carbons (Fsp3) is 0.357. The quantitative estimate of drug-likeness (QED) is 0.776. The van der Waals surface area contributed by atoms with E-state index in [1.54, 1.807) is 0 Å². The molecule has 1 aromatic carbocycles. The molecule has 0 aromatic heterocycles. The van der Waals surface area contributed by atoms with Crippen LogP contribution in [0.5, 0.6) is 0 Å². The first kappa shape index (κ1) is 13.3. The molecule has 1 aliphatic heterocycles. The molecule has 3 amide bonds. The Morgan fingerprint density at radius 3 is 2.68 bits per heavy atom. The fourth-order valence-corrected chi connectivity index (χ4v) is 2.00. The average Bonchev–Trinajstić information content (AvgIpc) is 2.41. The number of aryl methyl sites for hydroxylation is 1. The first-order chi connectivity index (χ1) is 9.15. The summed E-state index contributed by atoms with van der Waals surface area (Å²) >= 11 is 0. The van der Waals surface area contributed by atoms with Crippen molar-refractivity contribution in [3.05, 3.63) is 35.9 Å². The summed E-state index contributed by atoms with van der Waals surface area (Å²) in [6.45, 7) is 0. The molecular weight excluding hydrogens is 244 g/mol. The number of nitrogens with one attached hydrogen (secondary N) is 2. The van der Waals surface area contributed by atoms with Crippen LogP contribution >= 0.6 is 0 Å². The second-order valence-electron chi connectivity index (χ2n) is 4.56. The molecule has 5 heteroatoms. The molecule has 2 N–H and O–H groups in total. The van der Waals surface area contributed by atoms with Crippen LogP contribution in [0, 0.1) is 0 Å². The lowest BCUT2D eigenvalue weighted by Gasteiger charge is -2.21. The van der Waals surface area contributed by atoms with Crippen molar-refractivity contribution in [2.45, 2.75) is 31.7 Å². The van der Waals surface area contributed by atoms with Crippen LogP contribution < -0.4 is 10.6 Å². The van der Waals surface area contributed by atoms with Crippen molar-refractivity contribution in [2.75, 3.05) is 0 Å². The normalized spacial score (nSPS) is 18.8. The summed E-state index contributed by atoms with van der Waals surface area (Å²) in [5, 5.41) is 4.87. The van der Waals surface area contributed by atoms with E-state index < -0.39 is 11.9 Å². The van der Waals surface area contributed by atoms with Gasteiger partial charge < -0.3 is 5.32 Å². The zero-order valence-electron chi connectivity index (χ0n) is 10.5. The maximum Gasteiger partial charge on any atom is 0.249 e. The molecule has 0 aliphatic carbocycles. The standard InChI is InChI=1S/C14H16N2O3/c17-12(8-6-10-4-2-1-3-5-10)15-11-7-9-13(18)16-14(11)19/h1-5,11H,6-9H2,(H,15,17)(H,16,18,19)/t11-/m1/s1. The number of rotatable bonds is 4. The van der Waals surface area contributed by atoms with E-state index in [2.05, 4.69) is 10.6 Å². The van der Waals surface area contributed by atoms with Gasteiger partial charge in [0.05, 0.1) is 0 Å². The molecule has 2 rings (SSSR count). The van der Waals surface area contributed by atoms with Crippen LogP contribution in [0.3, 0.4) is 0 Å². The van der Waals surface area contributed by atoms with E-state index in [9.17, 15) is 14.4 Å². The molecule has 1 aromatic rings. The lowest BCUT2D eigenvalue weighted by atomic mass is 10.1. The van der Waals surface area contributed by atoms with E-state index in [1.165, 1.54) is 0 Å². The molecule has 0 unspecified atom stereocenters. The summed E-state index contributed by atoms with van der Waals surface area (Å²) in [5.74, 6) is -0.859. The number of hydrogen-bond acceptors (Lipinski definition) is 3. The van der Waals surface area contributed by atoms with Crippen molar-refractivity contribution in [3.63, 3.8) is 0 Å². The lowest BCUT2D eigenvalue weighted by Crippen LogP contribution is -2.52. The Labute approximate surface area is 111 Å². The molecule has 0 radical (unpaired) electrons. The van der Waals surface area contributed by atoms with Gasteiger partial charge in [0.25, 0.3) is 0 Å². The van der Waals surface area contributed by atoms with Gasteiger partial charge in [0.1, 0.15) is 6.04 Å². The van der Waals surface area contributed by atoms with E-state index in [0.29, 0.717) is 19.3 Å². The minimum Gasteiger partial charge on any atom is -0.344 e. The third kappa shape index (κ3) is 3.91. The highest BCUT2D eigenvalue weighted by Gasteiger charge is 2.27. The van der Waals surface area contributed by atoms with Crippen molar-refractivity contribution in [2.24, 2.45) is 0 Å². The smallest absolute Gasteiger partial charge is 0.249 e. The van der Waals surface area contributed by atoms with Crippen LogP contribution in [0.15, 0.2) is 30.3 Å². The highest BCUT2D eigenvalue weighted by atomic mass is 16.2. The predicted octanol–water partition coefficient (Wildman–Crippen LogP) is 0.541. The number of piperidine rings is 1. The first-order valence-electron chi connectivity index (χ1n) is 6.32. The Hall–Kier alpha value is -2.17. The van der Waals surface area contributed by atoms with E-state index in [4.69, 9.17) is 0 Å². The van der Waals surface area contributed by atoms with Crippen LogP contribution in [0.1, 0.15) is 24.8 Å². The molecule has 1 fully saturated rings. The Bertz CT molecular complexity index is 485. The number of hydrogen-bond donors (Lipinski definition) is 2. The van der Waals surface area contributed by atoms with Crippen LogP contribution in [-0.2, 0) is 20.8 Å². The van der Waals surface area contributed by atoms with Crippen LogP contribution in [0.4, 0.5) is 0 Å². The van der Waals surface area contributed by atoms with Crippen LogP contribution in [0.25, 0.3) is 0 Å². The van der Waals surface area contributed by atoms with Gasteiger partial charge in [-0.3, -0.25) is 19.7 Å². The van der Waals surface area contributed by atoms with Gasteiger partial charge in [0.15, 0.2) is 0 Å². The van der Waals surface area contributed by atoms with Gasteiger partial charge in [-0.25, -0.2) is 0 Å². The van der Waals surface area contributed by atoms with Crippen molar-refractivity contribution in [1.82, 2.24) is 10.6 Å². The molecule has 1 atom stereocenters. The van der Waals surface area contributed by atoms with Gasteiger partial charge in [0.2, 0.25) is 17.7 Å². The minimum atomic E-state index is -0.582. The largest absolute Gasteiger partial charge is 0.344 e. The third-order valence-electron chi connectivity index (χ3n) is 3.06. The first-order valence-corrected chi connectivity index (χ1v) is 6.32. The van der Waals surface area contributed by atoms with Crippen molar-refractivity contribution < 1.29 is 14.4 Å². The summed E-state index contributed by atoms with van der Waals surface area (Å²) in [5.41, 5.74) is 1.08. The molecule has 100 valence electrons. The van der Waals surface area contributed by atoms with E-state index in [-0.39, 0.29) is 18.2 Å². The molecular formula is C14H16N2O3. The molecule has 5 nitrogen and oxygen atoms in total. The number of amides is 3. The summed E-state index contributed by atoms with van der Waals surface area (Å²) in [6.07, 6.45) is 1.62. The molecule has 0 spiro atoms.